The summed E-state index contributed by atoms with van der Waals surface area (Å²) in [7, 11) is 1.60. The standard InChI is InChI=1S/C10H13BO3/c1-12-10-4-2-9(3-5-10)8-11-13-6-7-14-11/h2-5H,6-8H2,1H3. The molecule has 0 amide bonds. The van der Waals surface area contributed by atoms with E-state index in [0.717, 1.165) is 12.1 Å². The molecule has 3 nitrogen and oxygen atoms in total. The van der Waals surface area contributed by atoms with Gasteiger partial charge in [-0.3, -0.25) is 0 Å². The molecule has 0 radical (unpaired) electrons. The lowest BCUT2D eigenvalue weighted by Gasteiger charge is -2.05. The minimum atomic E-state index is -0.0663. The first-order chi connectivity index (χ1) is 6.88. The maximum Gasteiger partial charge on any atom is 0.461 e. The second kappa shape index (κ2) is 4.48. The normalized spacial score (nSPS) is 15.9. The quantitative estimate of drug-likeness (QED) is 0.675. The van der Waals surface area contributed by atoms with Crippen LogP contribution in [0.3, 0.4) is 0 Å². The van der Waals surface area contributed by atoms with Crippen molar-refractivity contribution in [2.45, 2.75) is 6.32 Å². The fourth-order valence-corrected chi connectivity index (χ4v) is 1.48. The molecule has 1 fully saturated rings. The van der Waals surface area contributed by atoms with Crippen molar-refractivity contribution in [2.75, 3.05) is 20.3 Å². The Labute approximate surface area is 84.1 Å². The van der Waals surface area contributed by atoms with Crippen LogP contribution in [-0.2, 0) is 15.6 Å². The Kier molecular flexibility index (Phi) is 3.06. The second-order valence-corrected chi connectivity index (χ2v) is 3.22. The smallest absolute Gasteiger partial charge is 0.461 e. The minimum Gasteiger partial charge on any atom is -0.497 e. The highest BCUT2D eigenvalue weighted by Gasteiger charge is 2.23. The summed E-state index contributed by atoms with van der Waals surface area (Å²) < 4.78 is 15.8. The summed E-state index contributed by atoms with van der Waals surface area (Å²) in [4.78, 5) is 0. The summed E-state index contributed by atoms with van der Waals surface area (Å²) in [6, 6.07) is 7.96. The Hall–Kier alpha value is -0.995. The highest BCUT2D eigenvalue weighted by atomic mass is 16.6. The molecule has 1 aliphatic rings. The molecule has 0 spiro atoms. The number of ether oxygens (including phenoxy) is 1. The number of methoxy groups -OCH3 is 1. The third kappa shape index (κ3) is 2.27. The van der Waals surface area contributed by atoms with Crippen molar-refractivity contribution < 1.29 is 14.0 Å². The Bertz CT molecular complexity index is 280. The molecule has 4 heteroatoms. The van der Waals surface area contributed by atoms with E-state index in [2.05, 4.69) is 0 Å². The van der Waals surface area contributed by atoms with E-state index in [-0.39, 0.29) is 7.12 Å². The SMILES string of the molecule is COc1ccc(CB2OCCO2)cc1. The molecular formula is C10H13BO3. The van der Waals surface area contributed by atoms with Crippen molar-refractivity contribution >= 4 is 7.12 Å². The van der Waals surface area contributed by atoms with E-state index < -0.39 is 0 Å². The van der Waals surface area contributed by atoms with Crippen LogP contribution in [0.4, 0.5) is 0 Å². The van der Waals surface area contributed by atoms with Crippen molar-refractivity contribution in [3.05, 3.63) is 29.8 Å². The summed E-state index contributed by atoms with van der Waals surface area (Å²) in [6.45, 7) is 1.42. The Morgan fingerprint density at radius 2 is 1.86 bits per heavy atom. The zero-order valence-corrected chi connectivity index (χ0v) is 8.23. The molecule has 0 aromatic heterocycles. The van der Waals surface area contributed by atoms with E-state index in [4.69, 9.17) is 14.0 Å². The van der Waals surface area contributed by atoms with Gasteiger partial charge in [0.15, 0.2) is 0 Å². The van der Waals surface area contributed by atoms with Crippen LogP contribution in [0.25, 0.3) is 0 Å². The first-order valence-corrected chi connectivity index (χ1v) is 4.74. The maximum absolute atomic E-state index is 5.36. The van der Waals surface area contributed by atoms with Crippen LogP contribution in [0, 0.1) is 0 Å². The Balaban J connectivity index is 1.95. The molecule has 2 rings (SSSR count). The predicted molar refractivity (Wildman–Crippen MR) is 54.4 cm³/mol. The van der Waals surface area contributed by atoms with Gasteiger partial charge in [0.25, 0.3) is 0 Å². The highest BCUT2D eigenvalue weighted by Crippen LogP contribution is 2.14. The summed E-state index contributed by atoms with van der Waals surface area (Å²) in [5.74, 6) is 0.877. The van der Waals surface area contributed by atoms with Crippen LogP contribution in [0.15, 0.2) is 24.3 Å². The summed E-state index contributed by atoms with van der Waals surface area (Å²) in [5, 5.41) is 0. The lowest BCUT2D eigenvalue weighted by molar-refractivity contribution is 0.365. The van der Waals surface area contributed by atoms with Crippen molar-refractivity contribution in [1.29, 1.82) is 0 Å². The zero-order chi connectivity index (χ0) is 9.80. The van der Waals surface area contributed by atoms with E-state index in [9.17, 15) is 0 Å². The van der Waals surface area contributed by atoms with Crippen LogP contribution in [0.2, 0.25) is 0 Å². The van der Waals surface area contributed by atoms with Crippen LogP contribution >= 0.6 is 0 Å². The van der Waals surface area contributed by atoms with Gasteiger partial charge in [-0.15, -0.1) is 0 Å². The van der Waals surface area contributed by atoms with Crippen LogP contribution < -0.4 is 4.74 Å². The predicted octanol–water partition coefficient (Wildman–Crippen LogP) is 1.31. The zero-order valence-electron chi connectivity index (χ0n) is 8.23. The van der Waals surface area contributed by atoms with Crippen LogP contribution in [0.5, 0.6) is 5.75 Å². The van der Waals surface area contributed by atoms with Gasteiger partial charge in [0.1, 0.15) is 5.75 Å². The highest BCUT2D eigenvalue weighted by molar-refractivity contribution is 6.44. The molecule has 1 aromatic carbocycles. The van der Waals surface area contributed by atoms with Crippen molar-refractivity contribution in [2.24, 2.45) is 0 Å². The molecule has 0 aliphatic carbocycles. The molecule has 0 saturated carbocycles. The lowest BCUT2D eigenvalue weighted by Crippen LogP contribution is -2.17. The Morgan fingerprint density at radius 1 is 1.21 bits per heavy atom. The average Bonchev–Trinajstić information content (AvgIpc) is 2.72. The first-order valence-electron chi connectivity index (χ1n) is 4.74. The summed E-state index contributed by atoms with van der Waals surface area (Å²) in [5.41, 5.74) is 1.21. The van der Waals surface area contributed by atoms with Gasteiger partial charge in [-0.05, 0) is 17.7 Å². The molecule has 74 valence electrons. The van der Waals surface area contributed by atoms with Crippen molar-refractivity contribution in [3.63, 3.8) is 0 Å². The monoisotopic (exact) mass is 192 g/mol. The summed E-state index contributed by atoms with van der Waals surface area (Å²) >= 11 is 0. The number of rotatable bonds is 3. The second-order valence-electron chi connectivity index (χ2n) is 3.22. The molecule has 14 heavy (non-hydrogen) atoms. The maximum atomic E-state index is 5.36. The number of hydrogen-bond donors (Lipinski definition) is 0. The molecular weight excluding hydrogens is 179 g/mol. The topological polar surface area (TPSA) is 27.7 Å². The third-order valence-electron chi connectivity index (χ3n) is 2.25. The van der Waals surface area contributed by atoms with E-state index in [1.54, 1.807) is 7.11 Å². The van der Waals surface area contributed by atoms with Gasteiger partial charge < -0.3 is 14.0 Å². The van der Waals surface area contributed by atoms with E-state index in [0.29, 0.717) is 13.2 Å². The van der Waals surface area contributed by atoms with Gasteiger partial charge in [-0.1, -0.05) is 12.1 Å². The largest absolute Gasteiger partial charge is 0.497 e. The first kappa shape index (κ1) is 9.56. The molecule has 0 N–H and O–H groups in total. The van der Waals surface area contributed by atoms with Crippen molar-refractivity contribution in [3.8, 4) is 5.75 Å². The molecule has 1 heterocycles. The fraction of sp³-hybridized carbons (Fsp3) is 0.400. The van der Waals surface area contributed by atoms with Crippen LogP contribution in [0.1, 0.15) is 5.56 Å². The average molecular weight is 192 g/mol. The third-order valence-corrected chi connectivity index (χ3v) is 2.25. The minimum absolute atomic E-state index is 0.0663. The van der Waals surface area contributed by atoms with Gasteiger partial charge in [-0.25, -0.2) is 0 Å². The molecule has 0 atom stereocenters. The van der Waals surface area contributed by atoms with Gasteiger partial charge >= 0.3 is 7.12 Å². The van der Waals surface area contributed by atoms with E-state index >= 15 is 0 Å². The van der Waals surface area contributed by atoms with Crippen molar-refractivity contribution in [1.82, 2.24) is 0 Å². The van der Waals surface area contributed by atoms with Gasteiger partial charge in [-0.2, -0.15) is 0 Å². The van der Waals surface area contributed by atoms with Gasteiger partial charge in [0.05, 0.1) is 20.3 Å². The Morgan fingerprint density at radius 3 is 2.43 bits per heavy atom. The fourth-order valence-electron chi connectivity index (χ4n) is 1.48. The molecule has 0 unspecified atom stereocenters. The number of benzene rings is 1. The number of hydrogen-bond acceptors (Lipinski definition) is 3. The molecule has 0 bridgehead atoms. The van der Waals surface area contributed by atoms with Gasteiger partial charge in [0.2, 0.25) is 0 Å². The van der Waals surface area contributed by atoms with Crippen LogP contribution in [-0.4, -0.2) is 27.4 Å². The lowest BCUT2D eigenvalue weighted by atomic mass is 9.81. The molecule has 1 saturated heterocycles. The van der Waals surface area contributed by atoms with E-state index in [1.165, 1.54) is 5.56 Å². The van der Waals surface area contributed by atoms with E-state index in [1.807, 2.05) is 24.3 Å². The molecule has 1 aromatic rings. The molecule has 1 aliphatic heterocycles. The van der Waals surface area contributed by atoms with Gasteiger partial charge in [0, 0.05) is 6.32 Å². The summed E-state index contributed by atoms with van der Waals surface area (Å²) in [6.07, 6.45) is 0.810.